The number of carboxylic acids is 1. The van der Waals surface area contributed by atoms with Gasteiger partial charge in [-0.15, -0.1) is 11.3 Å². The summed E-state index contributed by atoms with van der Waals surface area (Å²) in [5, 5.41) is 10.6. The zero-order valence-corrected chi connectivity index (χ0v) is 10.1. The molecule has 5 heteroatoms. The van der Waals surface area contributed by atoms with Crippen molar-refractivity contribution in [2.24, 2.45) is 0 Å². The van der Waals surface area contributed by atoms with Crippen molar-refractivity contribution in [3.63, 3.8) is 0 Å². The maximum absolute atomic E-state index is 10.5. The third-order valence-electron chi connectivity index (χ3n) is 2.42. The normalized spacial score (nSPS) is 11.1. The average Bonchev–Trinajstić information content (AvgIpc) is 2.87. The molecule has 0 aliphatic rings. The number of aryl methyl sites for hydroxylation is 1. The Morgan fingerprint density at radius 3 is 3.12 bits per heavy atom. The van der Waals surface area contributed by atoms with Gasteiger partial charge in [-0.2, -0.15) is 0 Å². The molecular weight excluding hydrogens is 236 g/mol. The van der Waals surface area contributed by atoms with Crippen molar-refractivity contribution in [3.05, 3.63) is 46.2 Å². The molecule has 0 spiro atoms. The van der Waals surface area contributed by atoms with Crippen LogP contribution in [-0.2, 0) is 11.3 Å². The van der Waals surface area contributed by atoms with E-state index in [2.05, 4.69) is 4.98 Å². The highest BCUT2D eigenvalue weighted by atomic mass is 32.1. The summed E-state index contributed by atoms with van der Waals surface area (Å²) in [4.78, 5) is 15.8. The maximum Gasteiger partial charge on any atom is 0.328 e. The van der Waals surface area contributed by atoms with Crippen LogP contribution in [-0.4, -0.2) is 20.6 Å². The molecule has 1 N–H and O–H groups in total. The molecule has 2 heterocycles. The summed E-state index contributed by atoms with van der Waals surface area (Å²) in [5.74, 6) is 0.0209. The lowest BCUT2D eigenvalue weighted by Gasteiger charge is -2.03. The molecule has 0 radical (unpaired) electrons. The van der Waals surface area contributed by atoms with E-state index in [-0.39, 0.29) is 0 Å². The van der Waals surface area contributed by atoms with E-state index in [4.69, 9.17) is 5.11 Å². The quantitative estimate of drug-likeness (QED) is 0.845. The highest BCUT2D eigenvalue weighted by molar-refractivity contribution is 7.10. The molecular formula is C12H12N2O2S. The van der Waals surface area contributed by atoms with Crippen molar-refractivity contribution < 1.29 is 9.90 Å². The molecule has 0 fully saturated rings. The van der Waals surface area contributed by atoms with Gasteiger partial charge >= 0.3 is 5.97 Å². The van der Waals surface area contributed by atoms with Crippen molar-refractivity contribution in [3.8, 4) is 0 Å². The van der Waals surface area contributed by atoms with Gasteiger partial charge in [-0.05, 0) is 30.0 Å². The number of carboxylic acid groups (broad SMARTS) is 1. The van der Waals surface area contributed by atoms with E-state index in [1.807, 2.05) is 29.1 Å². The Balaban J connectivity index is 2.20. The first-order valence-corrected chi connectivity index (χ1v) is 6.00. The Kier molecular flexibility index (Phi) is 3.39. The van der Waals surface area contributed by atoms with Crippen molar-refractivity contribution in [1.82, 2.24) is 9.55 Å². The topological polar surface area (TPSA) is 55.1 Å². The molecule has 0 aliphatic heterocycles. The minimum atomic E-state index is -0.930. The van der Waals surface area contributed by atoms with E-state index in [1.54, 1.807) is 23.6 Å². The largest absolute Gasteiger partial charge is 0.478 e. The zero-order valence-electron chi connectivity index (χ0n) is 9.33. The number of rotatable bonds is 4. The van der Waals surface area contributed by atoms with Crippen molar-refractivity contribution in [2.75, 3.05) is 0 Å². The second-order valence-electron chi connectivity index (χ2n) is 3.57. The third kappa shape index (κ3) is 2.82. The van der Waals surface area contributed by atoms with Crippen LogP contribution in [0, 0.1) is 6.92 Å². The smallest absolute Gasteiger partial charge is 0.328 e. The Labute approximate surface area is 103 Å². The molecule has 17 heavy (non-hydrogen) atoms. The van der Waals surface area contributed by atoms with Crippen molar-refractivity contribution in [1.29, 1.82) is 0 Å². The number of nitrogens with zero attached hydrogens (tertiary/aromatic N) is 2. The minimum Gasteiger partial charge on any atom is -0.478 e. The van der Waals surface area contributed by atoms with Crippen LogP contribution < -0.4 is 0 Å². The molecule has 2 aromatic heterocycles. The van der Waals surface area contributed by atoms with Crippen LogP contribution in [0.25, 0.3) is 6.08 Å². The molecule has 0 aliphatic carbocycles. The average molecular weight is 248 g/mol. The van der Waals surface area contributed by atoms with E-state index >= 15 is 0 Å². The number of hydrogen-bond donors (Lipinski definition) is 1. The SMILES string of the molecule is Cc1nccn1Cc1sccc1C=CC(=O)O. The van der Waals surface area contributed by atoms with Crippen LogP contribution in [0.3, 0.4) is 0 Å². The summed E-state index contributed by atoms with van der Waals surface area (Å²) in [6.07, 6.45) is 6.46. The molecule has 0 atom stereocenters. The highest BCUT2D eigenvalue weighted by Gasteiger charge is 2.04. The Hall–Kier alpha value is -1.88. The molecule has 4 nitrogen and oxygen atoms in total. The first kappa shape index (κ1) is 11.6. The monoisotopic (exact) mass is 248 g/mol. The minimum absolute atomic E-state index is 0.725. The van der Waals surface area contributed by atoms with Gasteiger partial charge in [0.25, 0.3) is 0 Å². The Morgan fingerprint density at radius 1 is 1.65 bits per heavy atom. The maximum atomic E-state index is 10.5. The van der Waals surface area contributed by atoms with Crippen molar-refractivity contribution in [2.45, 2.75) is 13.5 Å². The number of hydrogen-bond acceptors (Lipinski definition) is 3. The standard InChI is InChI=1S/C12H12N2O2S/c1-9-13-5-6-14(9)8-11-10(4-7-17-11)2-3-12(15)16/h2-7H,8H2,1H3,(H,15,16). The predicted octanol–water partition coefficient (Wildman–Crippen LogP) is 2.40. The molecule has 2 aromatic rings. The number of carbonyl (C=O) groups is 1. The third-order valence-corrected chi connectivity index (χ3v) is 3.34. The lowest BCUT2D eigenvalue weighted by Crippen LogP contribution is -2.00. The summed E-state index contributed by atoms with van der Waals surface area (Å²) < 4.78 is 2.03. The van der Waals surface area contributed by atoms with E-state index < -0.39 is 5.97 Å². The van der Waals surface area contributed by atoms with Gasteiger partial charge in [0.2, 0.25) is 0 Å². The number of thiophene rings is 1. The molecule has 2 rings (SSSR count). The van der Waals surface area contributed by atoms with Gasteiger partial charge in [0.1, 0.15) is 5.82 Å². The summed E-state index contributed by atoms with van der Waals surface area (Å²) in [5.41, 5.74) is 0.950. The lowest BCUT2D eigenvalue weighted by atomic mass is 10.2. The number of imidazole rings is 1. The van der Waals surface area contributed by atoms with E-state index in [0.29, 0.717) is 0 Å². The fourth-order valence-corrected chi connectivity index (χ4v) is 2.38. The molecule has 88 valence electrons. The molecule has 0 amide bonds. The second-order valence-corrected chi connectivity index (χ2v) is 4.57. The van der Waals surface area contributed by atoms with Crippen LogP contribution in [0.5, 0.6) is 0 Å². The van der Waals surface area contributed by atoms with Crippen LogP contribution in [0.1, 0.15) is 16.3 Å². The van der Waals surface area contributed by atoms with Crippen molar-refractivity contribution >= 4 is 23.4 Å². The second kappa shape index (κ2) is 4.97. The first-order valence-electron chi connectivity index (χ1n) is 5.12. The highest BCUT2D eigenvalue weighted by Crippen LogP contribution is 2.20. The molecule has 0 bridgehead atoms. The summed E-state index contributed by atoms with van der Waals surface area (Å²) in [7, 11) is 0. The van der Waals surface area contributed by atoms with Gasteiger partial charge in [-0.3, -0.25) is 0 Å². The van der Waals surface area contributed by atoms with Gasteiger partial charge in [0.05, 0.1) is 6.54 Å². The van der Waals surface area contributed by atoms with Gasteiger partial charge in [-0.25, -0.2) is 9.78 Å². The van der Waals surface area contributed by atoms with Gasteiger partial charge in [0.15, 0.2) is 0 Å². The van der Waals surface area contributed by atoms with Gasteiger partial charge < -0.3 is 9.67 Å². The predicted molar refractivity (Wildman–Crippen MR) is 67.1 cm³/mol. The number of aromatic nitrogens is 2. The summed E-state index contributed by atoms with van der Waals surface area (Å²) >= 11 is 1.62. The van der Waals surface area contributed by atoms with Crippen LogP contribution in [0.15, 0.2) is 29.9 Å². The summed E-state index contributed by atoms with van der Waals surface area (Å²) in [6.45, 7) is 2.67. The first-order chi connectivity index (χ1) is 8.16. The van der Waals surface area contributed by atoms with Crippen LogP contribution in [0.2, 0.25) is 0 Å². The fraction of sp³-hybridized carbons (Fsp3) is 0.167. The zero-order chi connectivity index (χ0) is 12.3. The van der Waals surface area contributed by atoms with E-state index in [9.17, 15) is 4.79 Å². The van der Waals surface area contributed by atoms with Crippen LogP contribution in [0.4, 0.5) is 0 Å². The number of aliphatic carboxylic acids is 1. The molecule has 0 aromatic carbocycles. The Morgan fingerprint density at radius 2 is 2.47 bits per heavy atom. The van der Waals surface area contributed by atoms with Crippen LogP contribution >= 0.6 is 11.3 Å². The molecule has 0 unspecified atom stereocenters. The lowest BCUT2D eigenvalue weighted by molar-refractivity contribution is -0.131. The van der Waals surface area contributed by atoms with Gasteiger partial charge in [-0.1, -0.05) is 0 Å². The molecule has 0 saturated carbocycles. The molecule has 0 saturated heterocycles. The summed E-state index contributed by atoms with van der Waals surface area (Å²) in [6, 6.07) is 1.92. The van der Waals surface area contributed by atoms with E-state index in [0.717, 1.165) is 28.9 Å². The fourth-order valence-electron chi connectivity index (χ4n) is 1.51. The van der Waals surface area contributed by atoms with Gasteiger partial charge in [0, 0.05) is 23.3 Å². The Bertz CT molecular complexity index is 554. The van der Waals surface area contributed by atoms with E-state index in [1.165, 1.54) is 0 Å².